The molecule has 0 radical (unpaired) electrons. The lowest BCUT2D eigenvalue weighted by Crippen LogP contribution is -2.40. The molecule has 2 aromatic carbocycles. The van der Waals surface area contributed by atoms with Crippen LogP contribution < -0.4 is 10.6 Å². The number of hydrogen-bond acceptors (Lipinski definition) is 5. The Morgan fingerprint density at radius 3 is 2.69 bits per heavy atom. The third kappa shape index (κ3) is 3.95. The number of thiophene rings is 1. The lowest BCUT2D eigenvalue weighted by molar-refractivity contribution is 0.0878. The number of carbonyl (C=O) groups is 3. The molecular weight excluding hydrogens is 446 g/mol. The van der Waals surface area contributed by atoms with Crippen LogP contribution in [0.5, 0.6) is 0 Å². The molecule has 1 unspecified atom stereocenters. The van der Waals surface area contributed by atoms with Gasteiger partial charge in [0.2, 0.25) is 0 Å². The van der Waals surface area contributed by atoms with Crippen LogP contribution in [0, 0.1) is 0 Å². The van der Waals surface area contributed by atoms with Crippen LogP contribution in [-0.2, 0) is 13.0 Å². The van der Waals surface area contributed by atoms with Crippen LogP contribution in [0.4, 0.5) is 0 Å². The first-order valence-electron chi connectivity index (χ1n) is 10.3. The molecule has 1 atom stereocenters. The van der Waals surface area contributed by atoms with Gasteiger partial charge in [-0.1, -0.05) is 23.7 Å². The minimum Gasteiger partial charge on any atom is -0.350 e. The molecule has 3 amide bonds. The number of imide groups is 1. The number of halogens is 1. The van der Waals surface area contributed by atoms with Crippen LogP contribution >= 0.6 is 22.9 Å². The molecular formula is C24H20ClN3O3S. The van der Waals surface area contributed by atoms with E-state index in [2.05, 4.69) is 27.0 Å². The van der Waals surface area contributed by atoms with Crippen molar-refractivity contribution in [3.8, 4) is 0 Å². The Kier molecular flexibility index (Phi) is 5.55. The lowest BCUT2D eigenvalue weighted by atomic mass is 10.0. The molecule has 162 valence electrons. The molecule has 0 fully saturated rings. The summed E-state index contributed by atoms with van der Waals surface area (Å²) in [6.07, 6.45) is 0.985. The second-order valence-electron chi connectivity index (χ2n) is 7.91. The number of benzene rings is 2. The second kappa shape index (κ2) is 8.50. The van der Waals surface area contributed by atoms with Crippen molar-refractivity contribution in [1.29, 1.82) is 0 Å². The number of amides is 3. The van der Waals surface area contributed by atoms with E-state index < -0.39 is 11.8 Å². The molecule has 8 heteroatoms. The monoisotopic (exact) mass is 465 g/mol. The first kappa shape index (κ1) is 20.9. The molecule has 2 aliphatic heterocycles. The van der Waals surface area contributed by atoms with Crippen molar-refractivity contribution in [1.82, 2.24) is 15.5 Å². The molecule has 3 aromatic rings. The Hall–Kier alpha value is -3.00. The Labute approximate surface area is 194 Å². The Bertz CT molecular complexity index is 1220. The summed E-state index contributed by atoms with van der Waals surface area (Å²) in [7, 11) is 0. The third-order valence-electron chi connectivity index (χ3n) is 5.99. The number of nitrogens with one attached hydrogen (secondary N) is 2. The van der Waals surface area contributed by atoms with Gasteiger partial charge in [-0.05, 0) is 59.3 Å². The molecule has 0 aliphatic carbocycles. The molecule has 2 aliphatic rings. The summed E-state index contributed by atoms with van der Waals surface area (Å²) in [4.78, 5) is 40.4. The van der Waals surface area contributed by atoms with Crippen molar-refractivity contribution >= 4 is 40.7 Å². The van der Waals surface area contributed by atoms with Crippen molar-refractivity contribution < 1.29 is 14.4 Å². The normalized spacial score (nSPS) is 16.3. The van der Waals surface area contributed by atoms with Gasteiger partial charge in [0.25, 0.3) is 17.7 Å². The molecule has 3 heterocycles. The fourth-order valence-electron chi connectivity index (χ4n) is 4.28. The van der Waals surface area contributed by atoms with Gasteiger partial charge in [-0.2, -0.15) is 0 Å². The summed E-state index contributed by atoms with van der Waals surface area (Å²) in [5.74, 6) is -1.19. The average Bonchev–Trinajstić information content (AvgIpc) is 3.38. The van der Waals surface area contributed by atoms with Crippen molar-refractivity contribution in [3.63, 3.8) is 0 Å². The molecule has 5 rings (SSSR count). The fourth-order valence-corrected chi connectivity index (χ4v) is 5.30. The first-order valence-corrected chi connectivity index (χ1v) is 11.6. The number of rotatable bonds is 5. The van der Waals surface area contributed by atoms with Gasteiger partial charge in [0.05, 0.1) is 17.2 Å². The number of carbonyl (C=O) groups excluding carboxylic acids is 3. The highest BCUT2D eigenvalue weighted by Gasteiger charge is 2.29. The van der Waals surface area contributed by atoms with Crippen LogP contribution in [-0.4, -0.2) is 35.7 Å². The van der Waals surface area contributed by atoms with Gasteiger partial charge >= 0.3 is 0 Å². The SMILES string of the molecule is O=C(NCC(c1ccc(Cl)cc1)N1CCc2sccc2C1)c1ccc2c(c1)C(=O)NC2=O. The van der Waals surface area contributed by atoms with E-state index in [0.29, 0.717) is 22.7 Å². The van der Waals surface area contributed by atoms with Gasteiger partial charge in [0.15, 0.2) is 0 Å². The Balaban J connectivity index is 1.36. The van der Waals surface area contributed by atoms with Crippen molar-refractivity contribution in [2.45, 2.75) is 19.0 Å². The smallest absolute Gasteiger partial charge is 0.258 e. The molecule has 0 saturated heterocycles. The van der Waals surface area contributed by atoms with E-state index in [-0.39, 0.29) is 17.5 Å². The van der Waals surface area contributed by atoms with Crippen LogP contribution in [0.2, 0.25) is 5.02 Å². The van der Waals surface area contributed by atoms with Gasteiger partial charge in [-0.15, -0.1) is 11.3 Å². The summed E-state index contributed by atoms with van der Waals surface area (Å²) >= 11 is 7.88. The van der Waals surface area contributed by atoms with E-state index in [1.54, 1.807) is 17.4 Å². The van der Waals surface area contributed by atoms with Gasteiger partial charge in [0, 0.05) is 35.1 Å². The predicted octanol–water partition coefficient (Wildman–Crippen LogP) is 3.81. The standard InChI is InChI=1S/C24H20ClN3O3S/c25-17-4-1-14(2-5-17)20(28-9-7-21-16(13-28)8-10-32-21)12-26-22(29)15-3-6-18-19(11-15)24(31)27-23(18)30/h1-6,8,10-11,20H,7,9,12-13H2,(H,26,29)(H,27,30,31). The maximum Gasteiger partial charge on any atom is 0.258 e. The van der Waals surface area contributed by atoms with Crippen LogP contribution in [0.3, 0.4) is 0 Å². The molecule has 6 nitrogen and oxygen atoms in total. The minimum atomic E-state index is -0.474. The molecule has 0 bridgehead atoms. The predicted molar refractivity (Wildman–Crippen MR) is 123 cm³/mol. The highest BCUT2D eigenvalue weighted by molar-refractivity contribution is 7.10. The molecule has 1 aromatic heterocycles. The zero-order chi connectivity index (χ0) is 22.2. The summed E-state index contributed by atoms with van der Waals surface area (Å²) in [5.41, 5.74) is 3.29. The topological polar surface area (TPSA) is 78.5 Å². The van der Waals surface area contributed by atoms with E-state index in [1.165, 1.54) is 22.6 Å². The van der Waals surface area contributed by atoms with Crippen molar-refractivity contribution in [2.24, 2.45) is 0 Å². The van der Waals surface area contributed by atoms with Gasteiger partial charge < -0.3 is 5.32 Å². The minimum absolute atomic E-state index is 0.0245. The molecule has 0 spiro atoms. The number of fused-ring (bicyclic) bond motifs is 2. The maximum atomic E-state index is 12.9. The molecule has 32 heavy (non-hydrogen) atoms. The van der Waals surface area contributed by atoms with Gasteiger partial charge in [-0.3, -0.25) is 24.6 Å². The van der Waals surface area contributed by atoms with E-state index in [4.69, 9.17) is 11.6 Å². The largest absolute Gasteiger partial charge is 0.350 e. The van der Waals surface area contributed by atoms with Crippen LogP contribution in [0.15, 0.2) is 53.9 Å². The molecule has 0 saturated carbocycles. The second-order valence-corrected chi connectivity index (χ2v) is 9.35. The third-order valence-corrected chi connectivity index (χ3v) is 7.26. The average molecular weight is 466 g/mol. The van der Waals surface area contributed by atoms with Crippen molar-refractivity contribution in [3.05, 3.63) is 91.6 Å². The van der Waals surface area contributed by atoms with Crippen LogP contribution in [0.25, 0.3) is 0 Å². The Morgan fingerprint density at radius 2 is 1.88 bits per heavy atom. The fraction of sp³-hybridized carbons (Fsp3) is 0.208. The summed E-state index contributed by atoms with van der Waals surface area (Å²) in [5, 5.41) is 8.06. The van der Waals surface area contributed by atoms with E-state index in [0.717, 1.165) is 25.1 Å². The maximum absolute atomic E-state index is 12.9. The number of nitrogens with zero attached hydrogens (tertiary/aromatic N) is 1. The van der Waals surface area contributed by atoms with Crippen molar-refractivity contribution in [2.75, 3.05) is 13.1 Å². The highest BCUT2D eigenvalue weighted by atomic mass is 35.5. The summed E-state index contributed by atoms with van der Waals surface area (Å²) in [6.45, 7) is 2.13. The van der Waals surface area contributed by atoms with Gasteiger partial charge in [0.1, 0.15) is 0 Å². The lowest BCUT2D eigenvalue weighted by Gasteiger charge is -2.35. The quantitative estimate of drug-likeness (QED) is 0.561. The molecule has 2 N–H and O–H groups in total. The zero-order valence-corrected chi connectivity index (χ0v) is 18.6. The highest BCUT2D eigenvalue weighted by Crippen LogP contribution is 2.31. The van der Waals surface area contributed by atoms with E-state index in [9.17, 15) is 14.4 Å². The van der Waals surface area contributed by atoms with Gasteiger partial charge in [-0.25, -0.2) is 0 Å². The van der Waals surface area contributed by atoms with Crippen LogP contribution in [0.1, 0.15) is 53.1 Å². The number of hydrogen-bond donors (Lipinski definition) is 2. The summed E-state index contributed by atoms with van der Waals surface area (Å²) < 4.78 is 0. The first-order chi connectivity index (χ1) is 15.5. The van der Waals surface area contributed by atoms with E-state index >= 15 is 0 Å². The zero-order valence-electron chi connectivity index (χ0n) is 17.1. The summed E-state index contributed by atoms with van der Waals surface area (Å²) in [6, 6.07) is 14.4. The Morgan fingerprint density at radius 1 is 1.09 bits per heavy atom. The van der Waals surface area contributed by atoms with E-state index in [1.807, 2.05) is 24.3 Å².